The monoisotopic (exact) mass is 268 g/mol. The summed E-state index contributed by atoms with van der Waals surface area (Å²) in [5.41, 5.74) is 1.41. The maximum absolute atomic E-state index is 14.2. The fourth-order valence-corrected chi connectivity index (χ4v) is 2.44. The summed E-state index contributed by atoms with van der Waals surface area (Å²) < 4.78 is 14.2. The molecule has 0 aromatic heterocycles. The molecule has 0 amide bonds. The summed E-state index contributed by atoms with van der Waals surface area (Å²) in [5, 5.41) is 11.5. The number of aromatic hydroxyl groups is 1. The molecule has 1 N–H and O–H groups in total. The molecule has 2 aromatic carbocycles. The van der Waals surface area contributed by atoms with Gasteiger partial charge in [-0.1, -0.05) is 31.8 Å². The van der Waals surface area contributed by atoms with E-state index in [9.17, 15) is 9.50 Å². The molecule has 1 fully saturated rings. The van der Waals surface area contributed by atoms with E-state index in [4.69, 9.17) is 0 Å². The summed E-state index contributed by atoms with van der Waals surface area (Å²) in [6.07, 6.45) is 2.24. The summed E-state index contributed by atoms with van der Waals surface area (Å²) >= 11 is 0. The standard InChI is InChI=1S/C18H17FO/c1-11(2)16-10-14(20)9-13-6-8-17(19)15(18(13)16)7-5-12-3-4-12/h6,8-12,20H,3-4H2,1-2H3. The third-order valence-electron chi connectivity index (χ3n) is 3.68. The second-order valence-corrected chi connectivity index (χ2v) is 5.75. The van der Waals surface area contributed by atoms with Gasteiger partial charge in [0.15, 0.2) is 0 Å². The molecule has 0 unspecified atom stereocenters. The van der Waals surface area contributed by atoms with Crippen LogP contribution < -0.4 is 0 Å². The summed E-state index contributed by atoms with van der Waals surface area (Å²) in [5.74, 6) is 6.73. The highest BCUT2D eigenvalue weighted by molar-refractivity contribution is 5.93. The van der Waals surface area contributed by atoms with Gasteiger partial charge in [0.2, 0.25) is 0 Å². The van der Waals surface area contributed by atoms with Crippen molar-refractivity contribution in [3.05, 3.63) is 41.2 Å². The van der Waals surface area contributed by atoms with Crippen LogP contribution in [0, 0.1) is 23.6 Å². The first-order valence-electron chi connectivity index (χ1n) is 7.03. The molecule has 20 heavy (non-hydrogen) atoms. The van der Waals surface area contributed by atoms with Crippen molar-refractivity contribution >= 4 is 10.8 Å². The lowest BCUT2D eigenvalue weighted by Gasteiger charge is -2.13. The van der Waals surface area contributed by atoms with Crippen LogP contribution in [-0.2, 0) is 0 Å². The third-order valence-corrected chi connectivity index (χ3v) is 3.68. The molecule has 102 valence electrons. The lowest BCUT2D eigenvalue weighted by Crippen LogP contribution is -1.95. The van der Waals surface area contributed by atoms with Crippen molar-refractivity contribution in [1.29, 1.82) is 0 Å². The molecule has 1 saturated carbocycles. The topological polar surface area (TPSA) is 20.2 Å². The Hall–Kier alpha value is -2.01. The summed E-state index contributed by atoms with van der Waals surface area (Å²) in [4.78, 5) is 0. The summed E-state index contributed by atoms with van der Waals surface area (Å²) in [6, 6.07) is 6.53. The van der Waals surface area contributed by atoms with Crippen molar-refractivity contribution in [3.8, 4) is 17.6 Å². The second-order valence-electron chi connectivity index (χ2n) is 5.75. The van der Waals surface area contributed by atoms with E-state index in [0.29, 0.717) is 11.5 Å². The molecule has 1 aliphatic carbocycles. The maximum atomic E-state index is 14.2. The Bertz CT molecular complexity index is 730. The Kier molecular flexibility index (Phi) is 3.14. The van der Waals surface area contributed by atoms with E-state index < -0.39 is 0 Å². The Labute approximate surface area is 118 Å². The normalized spacial score (nSPS) is 14.4. The van der Waals surface area contributed by atoms with Crippen LogP contribution in [0.3, 0.4) is 0 Å². The highest BCUT2D eigenvalue weighted by Crippen LogP contribution is 2.34. The molecule has 0 saturated heterocycles. The average molecular weight is 268 g/mol. The number of halogens is 1. The van der Waals surface area contributed by atoms with Crippen molar-refractivity contribution in [2.45, 2.75) is 32.6 Å². The van der Waals surface area contributed by atoms with Gasteiger partial charge in [0.1, 0.15) is 11.6 Å². The van der Waals surface area contributed by atoms with Crippen LogP contribution in [0.1, 0.15) is 43.7 Å². The minimum absolute atomic E-state index is 0.202. The van der Waals surface area contributed by atoms with Crippen LogP contribution in [0.2, 0.25) is 0 Å². The largest absolute Gasteiger partial charge is 0.508 e. The molecule has 1 nitrogen and oxygen atoms in total. The van der Waals surface area contributed by atoms with Crippen molar-refractivity contribution in [2.24, 2.45) is 5.92 Å². The molecular weight excluding hydrogens is 251 g/mol. The molecule has 0 radical (unpaired) electrons. The molecule has 0 spiro atoms. The molecule has 0 heterocycles. The number of hydrogen-bond acceptors (Lipinski definition) is 1. The first-order chi connectivity index (χ1) is 9.56. The van der Waals surface area contributed by atoms with Gasteiger partial charge in [-0.25, -0.2) is 4.39 Å². The maximum Gasteiger partial charge on any atom is 0.139 e. The van der Waals surface area contributed by atoms with Crippen LogP contribution in [0.5, 0.6) is 5.75 Å². The van der Waals surface area contributed by atoms with Gasteiger partial charge < -0.3 is 5.11 Å². The number of phenols is 1. The zero-order valence-electron chi connectivity index (χ0n) is 11.7. The number of rotatable bonds is 1. The quantitative estimate of drug-likeness (QED) is 0.751. The van der Waals surface area contributed by atoms with E-state index in [2.05, 4.69) is 11.8 Å². The highest BCUT2D eigenvalue weighted by Gasteiger charge is 2.19. The van der Waals surface area contributed by atoms with E-state index >= 15 is 0 Å². The van der Waals surface area contributed by atoms with E-state index in [0.717, 1.165) is 29.2 Å². The van der Waals surface area contributed by atoms with Gasteiger partial charge in [-0.15, -0.1) is 0 Å². The van der Waals surface area contributed by atoms with Gasteiger partial charge in [0.25, 0.3) is 0 Å². The third kappa shape index (κ3) is 2.36. The second kappa shape index (κ2) is 4.83. The zero-order chi connectivity index (χ0) is 14.3. The smallest absolute Gasteiger partial charge is 0.139 e. The molecule has 0 aliphatic heterocycles. The summed E-state index contributed by atoms with van der Waals surface area (Å²) in [7, 11) is 0. The Morgan fingerprint density at radius 2 is 2.00 bits per heavy atom. The Morgan fingerprint density at radius 1 is 1.25 bits per heavy atom. The highest BCUT2D eigenvalue weighted by atomic mass is 19.1. The van der Waals surface area contributed by atoms with Gasteiger partial charge in [-0.2, -0.15) is 0 Å². The Balaban J connectivity index is 2.31. The van der Waals surface area contributed by atoms with Crippen LogP contribution in [-0.4, -0.2) is 5.11 Å². The number of fused-ring (bicyclic) bond motifs is 1. The van der Waals surface area contributed by atoms with Gasteiger partial charge in [0.05, 0.1) is 5.56 Å². The van der Waals surface area contributed by atoms with Gasteiger partial charge in [0, 0.05) is 11.3 Å². The lowest BCUT2D eigenvalue weighted by molar-refractivity contribution is 0.475. The molecule has 0 bridgehead atoms. The number of hydrogen-bond donors (Lipinski definition) is 1. The van der Waals surface area contributed by atoms with Crippen molar-refractivity contribution in [2.75, 3.05) is 0 Å². The van der Waals surface area contributed by atoms with Crippen LogP contribution in [0.25, 0.3) is 10.8 Å². The zero-order valence-corrected chi connectivity index (χ0v) is 11.7. The van der Waals surface area contributed by atoms with E-state index in [-0.39, 0.29) is 17.5 Å². The lowest BCUT2D eigenvalue weighted by atomic mass is 9.92. The molecule has 2 heteroatoms. The predicted molar refractivity (Wildman–Crippen MR) is 79.3 cm³/mol. The fourth-order valence-electron chi connectivity index (χ4n) is 2.44. The SMILES string of the molecule is CC(C)c1cc(O)cc2ccc(F)c(C#CC3CC3)c12. The molecule has 3 rings (SSSR count). The van der Waals surface area contributed by atoms with Gasteiger partial charge in [-0.05, 0) is 47.9 Å². The van der Waals surface area contributed by atoms with E-state index in [1.165, 1.54) is 6.07 Å². The van der Waals surface area contributed by atoms with Crippen molar-refractivity contribution in [3.63, 3.8) is 0 Å². The number of benzene rings is 2. The Morgan fingerprint density at radius 3 is 2.65 bits per heavy atom. The predicted octanol–water partition coefficient (Wildman–Crippen LogP) is 4.57. The van der Waals surface area contributed by atoms with Crippen LogP contribution >= 0.6 is 0 Å². The van der Waals surface area contributed by atoms with E-state index in [1.54, 1.807) is 18.2 Å². The van der Waals surface area contributed by atoms with Gasteiger partial charge in [-0.3, -0.25) is 0 Å². The number of phenolic OH excluding ortho intramolecular Hbond substituents is 1. The molecule has 1 aliphatic rings. The minimum Gasteiger partial charge on any atom is -0.508 e. The molecular formula is C18H17FO. The summed E-state index contributed by atoms with van der Waals surface area (Å²) in [6.45, 7) is 4.08. The van der Waals surface area contributed by atoms with Crippen molar-refractivity contribution in [1.82, 2.24) is 0 Å². The van der Waals surface area contributed by atoms with Crippen LogP contribution in [0.4, 0.5) is 4.39 Å². The molecule has 0 atom stereocenters. The fraction of sp³-hybridized carbons (Fsp3) is 0.333. The van der Waals surface area contributed by atoms with Gasteiger partial charge >= 0.3 is 0 Å². The molecule has 2 aromatic rings. The van der Waals surface area contributed by atoms with E-state index in [1.807, 2.05) is 13.8 Å². The van der Waals surface area contributed by atoms with Crippen LogP contribution in [0.15, 0.2) is 24.3 Å². The first kappa shape index (κ1) is 13.0. The first-order valence-corrected chi connectivity index (χ1v) is 7.03. The van der Waals surface area contributed by atoms with Crippen molar-refractivity contribution < 1.29 is 9.50 Å². The average Bonchev–Trinajstić information content (AvgIpc) is 3.21. The minimum atomic E-state index is -0.279.